The highest BCUT2D eigenvalue weighted by Gasteiger charge is 2.10. The first-order chi connectivity index (χ1) is 7.56. The minimum atomic E-state index is 0.752. The summed E-state index contributed by atoms with van der Waals surface area (Å²) >= 11 is 0. The molecule has 0 unspecified atom stereocenters. The number of rotatable bonds is 6. The molecule has 2 N–H and O–H groups in total. The summed E-state index contributed by atoms with van der Waals surface area (Å²) in [6.45, 7) is 6.98. The van der Waals surface area contributed by atoms with E-state index in [1.54, 1.807) is 0 Å². The van der Waals surface area contributed by atoms with Gasteiger partial charge < -0.3 is 10.6 Å². The number of aromatic nitrogens is 2. The molecule has 92 valence electrons. The average molecular weight is 224 g/mol. The van der Waals surface area contributed by atoms with Crippen molar-refractivity contribution in [1.82, 2.24) is 14.7 Å². The van der Waals surface area contributed by atoms with Crippen LogP contribution in [0.4, 0.5) is 0 Å². The summed E-state index contributed by atoms with van der Waals surface area (Å²) in [5.41, 5.74) is 9.38. The van der Waals surface area contributed by atoms with Crippen LogP contribution >= 0.6 is 0 Å². The van der Waals surface area contributed by atoms with E-state index in [-0.39, 0.29) is 0 Å². The molecule has 0 radical (unpaired) electrons. The van der Waals surface area contributed by atoms with Crippen molar-refractivity contribution in [2.24, 2.45) is 5.73 Å². The molecule has 0 amide bonds. The van der Waals surface area contributed by atoms with Crippen LogP contribution in [-0.2, 0) is 13.0 Å². The van der Waals surface area contributed by atoms with Gasteiger partial charge in [0, 0.05) is 12.2 Å². The fourth-order valence-electron chi connectivity index (χ4n) is 1.89. The summed E-state index contributed by atoms with van der Waals surface area (Å²) in [4.78, 5) is 2.18. The molecule has 1 aromatic rings. The maximum Gasteiger partial charge on any atom is 0.0628 e. The van der Waals surface area contributed by atoms with Crippen molar-refractivity contribution < 1.29 is 0 Å². The Kier molecular flexibility index (Phi) is 4.96. The van der Waals surface area contributed by atoms with Crippen LogP contribution in [0.5, 0.6) is 0 Å². The molecule has 0 atom stereocenters. The molecule has 4 heteroatoms. The third-order valence-corrected chi connectivity index (χ3v) is 2.92. The van der Waals surface area contributed by atoms with Crippen LogP contribution < -0.4 is 5.73 Å². The van der Waals surface area contributed by atoms with E-state index in [9.17, 15) is 0 Å². The number of hydrogen-bond donors (Lipinski definition) is 1. The zero-order valence-corrected chi connectivity index (χ0v) is 11.0. The van der Waals surface area contributed by atoms with Crippen molar-refractivity contribution in [3.63, 3.8) is 0 Å². The topological polar surface area (TPSA) is 47.1 Å². The van der Waals surface area contributed by atoms with Gasteiger partial charge in [-0.15, -0.1) is 0 Å². The van der Waals surface area contributed by atoms with Gasteiger partial charge in [-0.1, -0.05) is 0 Å². The summed E-state index contributed by atoms with van der Waals surface area (Å²) in [5.74, 6) is 0. The Morgan fingerprint density at radius 2 is 2.00 bits per heavy atom. The Bertz CT molecular complexity index is 328. The Hall–Kier alpha value is -0.870. The number of nitrogens with zero attached hydrogens (tertiary/aromatic N) is 3. The van der Waals surface area contributed by atoms with Gasteiger partial charge in [0.2, 0.25) is 0 Å². The van der Waals surface area contributed by atoms with E-state index < -0.39 is 0 Å². The maximum absolute atomic E-state index is 5.55. The number of likely N-dealkylation sites (N-methyl/N-ethyl adjacent to an activating group) is 1. The van der Waals surface area contributed by atoms with Crippen LogP contribution in [0.25, 0.3) is 0 Å². The molecule has 0 spiro atoms. The second-order valence-corrected chi connectivity index (χ2v) is 4.57. The van der Waals surface area contributed by atoms with Gasteiger partial charge in [-0.2, -0.15) is 5.10 Å². The standard InChI is InChI=1S/C12H24N4/c1-10-12(6-5-7-13)11(2)16(14-10)9-8-15(3)4/h5-9,13H2,1-4H3. The number of aryl methyl sites for hydroxylation is 1. The second-order valence-electron chi connectivity index (χ2n) is 4.57. The molecule has 0 aromatic carbocycles. The Morgan fingerprint density at radius 1 is 1.31 bits per heavy atom. The summed E-state index contributed by atoms with van der Waals surface area (Å²) in [5, 5.41) is 4.58. The third kappa shape index (κ3) is 3.32. The molecule has 0 fully saturated rings. The molecule has 4 nitrogen and oxygen atoms in total. The van der Waals surface area contributed by atoms with Gasteiger partial charge >= 0.3 is 0 Å². The zero-order chi connectivity index (χ0) is 12.1. The first-order valence-electron chi connectivity index (χ1n) is 5.94. The first kappa shape index (κ1) is 13.2. The molecule has 0 aliphatic rings. The molecule has 0 aliphatic heterocycles. The lowest BCUT2D eigenvalue weighted by atomic mass is 10.1. The van der Waals surface area contributed by atoms with Crippen molar-refractivity contribution in [2.45, 2.75) is 33.2 Å². The van der Waals surface area contributed by atoms with Crippen molar-refractivity contribution in [2.75, 3.05) is 27.2 Å². The Morgan fingerprint density at radius 3 is 2.56 bits per heavy atom. The quantitative estimate of drug-likeness (QED) is 0.782. The fourth-order valence-corrected chi connectivity index (χ4v) is 1.89. The van der Waals surface area contributed by atoms with Crippen molar-refractivity contribution in [3.8, 4) is 0 Å². The van der Waals surface area contributed by atoms with E-state index in [4.69, 9.17) is 5.73 Å². The Balaban J connectivity index is 2.72. The van der Waals surface area contributed by atoms with Gasteiger partial charge in [0.05, 0.1) is 12.2 Å². The van der Waals surface area contributed by atoms with Crippen molar-refractivity contribution in [1.29, 1.82) is 0 Å². The van der Waals surface area contributed by atoms with E-state index in [0.717, 1.165) is 38.2 Å². The highest BCUT2D eigenvalue weighted by atomic mass is 15.3. The maximum atomic E-state index is 5.55. The van der Waals surface area contributed by atoms with Crippen molar-refractivity contribution in [3.05, 3.63) is 17.0 Å². The third-order valence-electron chi connectivity index (χ3n) is 2.92. The molecular weight excluding hydrogens is 200 g/mol. The van der Waals surface area contributed by atoms with Gasteiger partial charge in [-0.25, -0.2) is 0 Å². The molecular formula is C12H24N4. The summed E-state index contributed by atoms with van der Waals surface area (Å²) < 4.78 is 2.11. The first-order valence-corrected chi connectivity index (χ1v) is 5.94. The normalized spacial score (nSPS) is 11.4. The monoisotopic (exact) mass is 224 g/mol. The number of hydrogen-bond acceptors (Lipinski definition) is 3. The molecule has 0 saturated carbocycles. The zero-order valence-electron chi connectivity index (χ0n) is 11.0. The summed E-state index contributed by atoms with van der Waals surface area (Å²) in [7, 11) is 4.17. The Labute approximate surface area is 98.4 Å². The van der Waals surface area contributed by atoms with Gasteiger partial charge in [0.15, 0.2) is 0 Å². The van der Waals surface area contributed by atoms with Crippen LogP contribution in [0, 0.1) is 13.8 Å². The molecule has 0 aliphatic carbocycles. The highest BCUT2D eigenvalue weighted by molar-refractivity contribution is 5.24. The average Bonchev–Trinajstić information content (AvgIpc) is 2.49. The smallest absolute Gasteiger partial charge is 0.0628 e. The van der Waals surface area contributed by atoms with Crippen LogP contribution in [0.3, 0.4) is 0 Å². The van der Waals surface area contributed by atoms with E-state index in [0.29, 0.717) is 0 Å². The summed E-state index contributed by atoms with van der Waals surface area (Å²) in [6, 6.07) is 0. The lowest BCUT2D eigenvalue weighted by Crippen LogP contribution is -2.19. The van der Waals surface area contributed by atoms with E-state index >= 15 is 0 Å². The minimum absolute atomic E-state index is 0.752. The van der Waals surface area contributed by atoms with E-state index in [2.05, 4.69) is 42.6 Å². The van der Waals surface area contributed by atoms with Crippen molar-refractivity contribution >= 4 is 0 Å². The molecule has 0 saturated heterocycles. The van der Waals surface area contributed by atoms with E-state index in [1.165, 1.54) is 11.3 Å². The van der Waals surface area contributed by atoms with Gasteiger partial charge in [0.1, 0.15) is 0 Å². The predicted octanol–water partition coefficient (Wildman–Crippen LogP) is 0.953. The van der Waals surface area contributed by atoms with Gasteiger partial charge in [-0.3, -0.25) is 4.68 Å². The second kappa shape index (κ2) is 6.01. The fraction of sp³-hybridized carbons (Fsp3) is 0.750. The molecule has 1 aromatic heterocycles. The van der Waals surface area contributed by atoms with E-state index in [1.807, 2.05) is 0 Å². The van der Waals surface area contributed by atoms with Crippen LogP contribution in [-0.4, -0.2) is 41.9 Å². The largest absolute Gasteiger partial charge is 0.330 e. The lowest BCUT2D eigenvalue weighted by molar-refractivity contribution is 0.370. The SMILES string of the molecule is Cc1nn(CCN(C)C)c(C)c1CCCN. The minimum Gasteiger partial charge on any atom is -0.330 e. The van der Waals surface area contributed by atoms with Crippen LogP contribution in [0.15, 0.2) is 0 Å². The molecule has 1 rings (SSSR count). The van der Waals surface area contributed by atoms with Gasteiger partial charge in [-0.05, 0) is 52.9 Å². The number of nitrogens with two attached hydrogens (primary N) is 1. The predicted molar refractivity (Wildman–Crippen MR) is 67.6 cm³/mol. The lowest BCUT2D eigenvalue weighted by Gasteiger charge is -2.10. The van der Waals surface area contributed by atoms with Gasteiger partial charge in [0.25, 0.3) is 0 Å². The molecule has 16 heavy (non-hydrogen) atoms. The van der Waals surface area contributed by atoms with Crippen LogP contribution in [0.1, 0.15) is 23.4 Å². The molecule has 0 bridgehead atoms. The van der Waals surface area contributed by atoms with Crippen LogP contribution in [0.2, 0.25) is 0 Å². The summed E-state index contributed by atoms with van der Waals surface area (Å²) in [6.07, 6.45) is 2.09. The highest BCUT2D eigenvalue weighted by Crippen LogP contribution is 2.14. The molecule has 1 heterocycles.